The molecule has 0 aliphatic carbocycles. The summed E-state index contributed by atoms with van der Waals surface area (Å²) in [4.78, 5) is 16.0. The smallest absolute Gasteiger partial charge is 0.248 e. The number of nitrogens with one attached hydrogen (secondary N) is 1. The number of aromatic nitrogens is 5. The molecule has 1 aromatic carbocycles. The van der Waals surface area contributed by atoms with E-state index >= 15 is 0 Å². The molecule has 124 valence electrons. The van der Waals surface area contributed by atoms with Crippen LogP contribution in [-0.2, 0) is 17.9 Å². The van der Waals surface area contributed by atoms with Crippen molar-refractivity contribution in [1.29, 1.82) is 0 Å². The van der Waals surface area contributed by atoms with E-state index in [0.29, 0.717) is 5.56 Å². The number of carbonyl (C=O) groups excluding carboxylic acids is 1. The van der Waals surface area contributed by atoms with Crippen LogP contribution in [0.5, 0.6) is 0 Å². The number of nitrogens with zero attached hydrogens (tertiary/aromatic N) is 5. The van der Waals surface area contributed by atoms with Crippen molar-refractivity contribution in [3.63, 3.8) is 0 Å². The molecule has 0 radical (unpaired) electrons. The molecule has 0 fully saturated rings. The van der Waals surface area contributed by atoms with Crippen molar-refractivity contribution in [1.82, 2.24) is 24.5 Å². The highest BCUT2D eigenvalue weighted by Gasteiger charge is 2.10. The molecule has 0 spiro atoms. The maximum absolute atomic E-state index is 13.6. The molecule has 0 aliphatic heterocycles. The number of halogens is 2. The molecule has 3 aromatic rings. The molecule has 0 saturated heterocycles. The van der Waals surface area contributed by atoms with Crippen molar-refractivity contribution in [2.45, 2.75) is 20.0 Å². The van der Waals surface area contributed by atoms with E-state index in [9.17, 15) is 9.18 Å². The number of benzene rings is 1. The zero-order chi connectivity index (χ0) is 17.1. The van der Waals surface area contributed by atoms with Crippen molar-refractivity contribution in [3.05, 3.63) is 58.3 Å². The Labute approximate surface area is 145 Å². The molecular weight excluding hydrogens is 379 g/mol. The highest BCUT2D eigenvalue weighted by atomic mass is 79.9. The Balaban J connectivity index is 1.61. The SMILES string of the molecule is Cc1nn(CC(=O)Nc2ncn(Cc3ccccc3F)n2)cc1Br. The summed E-state index contributed by atoms with van der Waals surface area (Å²) in [5.41, 5.74) is 1.30. The molecule has 3 rings (SSSR count). The third kappa shape index (κ3) is 3.85. The van der Waals surface area contributed by atoms with Crippen LogP contribution in [0.2, 0.25) is 0 Å². The Morgan fingerprint density at radius 2 is 2.08 bits per heavy atom. The predicted octanol–water partition coefficient (Wildman–Crippen LogP) is 2.37. The average Bonchev–Trinajstić information content (AvgIpc) is 3.08. The van der Waals surface area contributed by atoms with Gasteiger partial charge >= 0.3 is 0 Å². The van der Waals surface area contributed by atoms with Gasteiger partial charge in [0, 0.05) is 11.8 Å². The maximum atomic E-state index is 13.6. The Morgan fingerprint density at radius 3 is 2.79 bits per heavy atom. The van der Waals surface area contributed by atoms with Gasteiger partial charge in [-0.1, -0.05) is 18.2 Å². The third-order valence-corrected chi connectivity index (χ3v) is 4.05. The lowest BCUT2D eigenvalue weighted by Crippen LogP contribution is -2.20. The van der Waals surface area contributed by atoms with Gasteiger partial charge in [-0.15, -0.1) is 5.10 Å². The molecule has 2 aromatic heterocycles. The largest absolute Gasteiger partial charge is 0.292 e. The first kappa shape index (κ1) is 16.3. The standard InChI is InChI=1S/C15H14BrFN6O/c1-10-12(16)7-22(20-10)8-14(24)19-15-18-9-23(21-15)6-11-4-2-3-5-13(11)17/h2-5,7,9H,6,8H2,1H3,(H,19,21,24). The van der Waals surface area contributed by atoms with Crippen molar-refractivity contribution < 1.29 is 9.18 Å². The van der Waals surface area contributed by atoms with Crippen LogP contribution in [0.4, 0.5) is 10.3 Å². The van der Waals surface area contributed by atoms with Gasteiger partial charge in [-0.25, -0.2) is 14.1 Å². The molecule has 2 heterocycles. The normalized spacial score (nSPS) is 10.8. The number of hydrogen-bond acceptors (Lipinski definition) is 4. The van der Waals surface area contributed by atoms with E-state index in [1.165, 1.54) is 21.8 Å². The van der Waals surface area contributed by atoms with Gasteiger partial charge in [0.15, 0.2) is 0 Å². The molecule has 0 bridgehead atoms. The molecule has 1 amide bonds. The Morgan fingerprint density at radius 1 is 1.29 bits per heavy atom. The topological polar surface area (TPSA) is 77.6 Å². The number of hydrogen-bond donors (Lipinski definition) is 1. The lowest BCUT2D eigenvalue weighted by molar-refractivity contribution is -0.116. The van der Waals surface area contributed by atoms with Gasteiger partial charge in [0.2, 0.25) is 11.9 Å². The number of aryl methyl sites for hydroxylation is 1. The average molecular weight is 393 g/mol. The van der Waals surface area contributed by atoms with Crippen molar-refractivity contribution >= 4 is 27.8 Å². The minimum absolute atomic E-state index is 0.0499. The van der Waals surface area contributed by atoms with Gasteiger partial charge in [-0.2, -0.15) is 5.10 Å². The molecule has 0 saturated carbocycles. The first-order valence-electron chi connectivity index (χ1n) is 7.13. The Kier molecular flexibility index (Phi) is 4.70. The van der Waals surface area contributed by atoms with Gasteiger partial charge in [0.05, 0.1) is 16.7 Å². The van der Waals surface area contributed by atoms with Crippen LogP contribution in [0, 0.1) is 12.7 Å². The lowest BCUT2D eigenvalue weighted by Gasteiger charge is -2.03. The van der Waals surface area contributed by atoms with Crippen molar-refractivity contribution in [3.8, 4) is 0 Å². The summed E-state index contributed by atoms with van der Waals surface area (Å²) >= 11 is 3.34. The molecule has 7 nitrogen and oxygen atoms in total. The third-order valence-electron chi connectivity index (χ3n) is 3.27. The van der Waals surface area contributed by atoms with E-state index in [2.05, 4.69) is 36.4 Å². The second kappa shape index (κ2) is 6.91. The summed E-state index contributed by atoms with van der Waals surface area (Å²) in [5, 5.41) is 10.9. The predicted molar refractivity (Wildman–Crippen MR) is 88.8 cm³/mol. The fraction of sp³-hybridized carbons (Fsp3) is 0.200. The zero-order valence-electron chi connectivity index (χ0n) is 12.8. The van der Waals surface area contributed by atoms with Crippen LogP contribution in [0.25, 0.3) is 0 Å². The Hall–Kier alpha value is -2.55. The first-order chi connectivity index (χ1) is 11.5. The summed E-state index contributed by atoms with van der Waals surface area (Å²) in [7, 11) is 0. The number of amides is 1. The summed E-state index contributed by atoms with van der Waals surface area (Å²) in [5.74, 6) is -0.439. The summed E-state index contributed by atoms with van der Waals surface area (Å²) in [6, 6.07) is 6.44. The van der Waals surface area contributed by atoms with Crippen molar-refractivity contribution in [2.24, 2.45) is 0 Å². The molecule has 0 unspecified atom stereocenters. The van der Waals surface area contributed by atoms with Crippen LogP contribution in [0.1, 0.15) is 11.3 Å². The molecule has 9 heteroatoms. The van der Waals surface area contributed by atoms with E-state index < -0.39 is 0 Å². The minimum atomic E-state index is -0.307. The fourth-order valence-corrected chi connectivity index (χ4v) is 2.43. The maximum Gasteiger partial charge on any atom is 0.248 e. The minimum Gasteiger partial charge on any atom is -0.292 e. The van der Waals surface area contributed by atoms with E-state index in [1.807, 2.05) is 6.92 Å². The van der Waals surface area contributed by atoms with E-state index in [1.54, 1.807) is 24.4 Å². The molecule has 24 heavy (non-hydrogen) atoms. The van der Waals surface area contributed by atoms with Gasteiger partial charge < -0.3 is 0 Å². The lowest BCUT2D eigenvalue weighted by atomic mass is 10.2. The molecular formula is C15H14BrFN6O. The monoisotopic (exact) mass is 392 g/mol. The van der Waals surface area contributed by atoms with E-state index in [0.717, 1.165) is 10.2 Å². The summed E-state index contributed by atoms with van der Waals surface area (Å²) < 4.78 is 17.4. The van der Waals surface area contributed by atoms with Crippen molar-refractivity contribution in [2.75, 3.05) is 5.32 Å². The molecule has 0 atom stereocenters. The van der Waals surface area contributed by atoms with Crippen LogP contribution < -0.4 is 5.32 Å². The van der Waals surface area contributed by atoms with Gasteiger partial charge in [-0.05, 0) is 28.9 Å². The van der Waals surface area contributed by atoms with Crippen LogP contribution in [0.15, 0.2) is 41.3 Å². The van der Waals surface area contributed by atoms with E-state index in [4.69, 9.17) is 0 Å². The Bertz CT molecular complexity index is 855. The van der Waals surface area contributed by atoms with Gasteiger partial charge in [-0.3, -0.25) is 14.8 Å². The number of rotatable bonds is 5. The van der Waals surface area contributed by atoms with Crippen LogP contribution in [-0.4, -0.2) is 30.5 Å². The fourth-order valence-electron chi connectivity index (χ4n) is 2.12. The molecule has 0 aliphatic rings. The summed E-state index contributed by atoms with van der Waals surface area (Å²) in [6.07, 6.45) is 3.16. The quantitative estimate of drug-likeness (QED) is 0.722. The van der Waals surface area contributed by atoms with E-state index in [-0.39, 0.29) is 30.8 Å². The second-order valence-electron chi connectivity index (χ2n) is 5.17. The van der Waals surface area contributed by atoms with Crippen LogP contribution >= 0.6 is 15.9 Å². The van der Waals surface area contributed by atoms with Gasteiger partial charge in [0.1, 0.15) is 18.7 Å². The van der Waals surface area contributed by atoms with Crippen LogP contribution in [0.3, 0.4) is 0 Å². The first-order valence-corrected chi connectivity index (χ1v) is 7.93. The van der Waals surface area contributed by atoms with Gasteiger partial charge in [0.25, 0.3) is 0 Å². The second-order valence-corrected chi connectivity index (χ2v) is 6.02. The molecule has 1 N–H and O–H groups in total. The highest BCUT2D eigenvalue weighted by molar-refractivity contribution is 9.10. The highest BCUT2D eigenvalue weighted by Crippen LogP contribution is 2.13. The number of anilines is 1. The zero-order valence-corrected chi connectivity index (χ0v) is 14.4. The number of carbonyl (C=O) groups is 1. The summed E-state index contributed by atoms with van der Waals surface area (Å²) in [6.45, 7) is 2.12.